The highest BCUT2D eigenvalue weighted by atomic mass is 16.6. The first-order chi connectivity index (χ1) is 12.6. The van der Waals surface area contributed by atoms with Crippen molar-refractivity contribution in [2.24, 2.45) is 11.8 Å². The van der Waals surface area contributed by atoms with Gasteiger partial charge in [-0.1, -0.05) is 18.9 Å². The van der Waals surface area contributed by atoms with Gasteiger partial charge in [-0.05, 0) is 43.4 Å². The third kappa shape index (κ3) is 3.02. The molecule has 0 radical (unpaired) electrons. The number of carbonyl (C=O) groups is 2. The van der Waals surface area contributed by atoms with Crippen molar-refractivity contribution in [3.05, 3.63) is 23.8 Å². The lowest BCUT2D eigenvalue weighted by Gasteiger charge is -2.35. The number of amides is 1. The molecule has 1 aromatic rings. The highest BCUT2D eigenvalue weighted by Crippen LogP contribution is 2.44. The molecule has 0 aromatic heterocycles. The van der Waals surface area contributed by atoms with Crippen LogP contribution in [0.3, 0.4) is 0 Å². The lowest BCUT2D eigenvalue weighted by atomic mass is 9.72. The number of fused-ring (bicyclic) bond motifs is 1. The monoisotopic (exact) mass is 359 g/mol. The Bertz CT molecular complexity index is 710. The standard InChI is InChI=1S/C20H25NO5/c22-18(14-4-5-15(14)19(23)24)21-12-20(7-1-2-8-20)13-3-6-16-17(11-13)26-10-9-25-16/h3,6,11,14-15H,1-2,4-5,7-10,12H2,(H,21,22)(H,23,24). The molecule has 6 heteroatoms. The zero-order valence-corrected chi connectivity index (χ0v) is 14.8. The van der Waals surface area contributed by atoms with Crippen LogP contribution in [0.25, 0.3) is 0 Å². The summed E-state index contributed by atoms with van der Waals surface area (Å²) in [7, 11) is 0. The van der Waals surface area contributed by atoms with E-state index in [0.29, 0.717) is 32.6 Å². The van der Waals surface area contributed by atoms with Crippen LogP contribution in [-0.4, -0.2) is 36.7 Å². The smallest absolute Gasteiger partial charge is 0.307 e. The predicted molar refractivity (Wildman–Crippen MR) is 94.4 cm³/mol. The van der Waals surface area contributed by atoms with Crippen LogP contribution in [0.4, 0.5) is 0 Å². The fourth-order valence-corrected chi connectivity index (χ4v) is 4.49. The highest BCUT2D eigenvalue weighted by molar-refractivity contribution is 5.86. The molecule has 1 aromatic carbocycles. The molecule has 3 aliphatic rings. The maximum Gasteiger partial charge on any atom is 0.307 e. The second-order valence-electron chi connectivity index (χ2n) is 7.69. The maximum absolute atomic E-state index is 12.5. The minimum Gasteiger partial charge on any atom is -0.486 e. The van der Waals surface area contributed by atoms with Gasteiger partial charge in [0, 0.05) is 12.0 Å². The molecule has 2 saturated carbocycles. The molecule has 0 spiro atoms. The molecular formula is C20H25NO5. The van der Waals surface area contributed by atoms with E-state index in [1.165, 1.54) is 5.56 Å². The fourth-order valence-electron chi connectivity index (χ4n) is 4.49. The number of ether oxygens (including phenoxy) is 2. The van der Waals surface area contributed by atoms with Gasteiger partial charge in [0.25, 0.3) is 0 Å². The number of carboxylic acids is 1. The molecule has 2 aliphatic carbocycles. The summed E-state index contributed by atoms with van der Waals surface area (Å²) in [5.74, 6) is -0.339. The number of carbonyl (C=O) groups excluding carboxylic acids is 1. The van der Waals surface area contributed by atoms with Crippen LogP contribution in [-0.2, 0) is 15.0 Å². The number of hydrogen-bond acceptors (Lipinski definition) is 4. The molecule has 2 atom stereocenters. The SMILES string of the molecule is O=C(O)C1CCC1C(=O)NCC1(c2ccc3c(c2)OCCO3)CCCC1. The number of nitrogens with one attached hydrogen (secondary N) is 1. The van der Waals surface area contributed by atoms with E-state index in [0.717, 1.165) is 37.2 Å². The molecule has 1 heterocycles. The van der Waals surface area contributed by atoms with E-state index in [-0.39, 0.29) is 17.2 Å². The van der Waals surface area contributed by atoms with Gasteiger partial charge in [-0.2, -0.15) is 0 Å². The maximum atomic E-state index is 12.5. The molecule has 6 nitrogen and oxygen atoms in total. The molecular weight excluding hydrogens is 334 g/mol. The van der Waals surface area contributed by atoms with Crippen molar-refractivity contribution in [1.29, 1.82) is 0 Å². The third-order valence-electron chi connectivity index (χ3n) is 6.24. The van der Waals surface area contributed by atoms with Crippen molar-refractivity contribution in [3.8, 4) is 11.5 Å². The van der Waals surface area contributed by atoms with Crippen LogP contribution >= 0.6 is 0 Å². The predicted octanol–water partition coefficient (Wildman–Crippen LogP) is 2.50. The minimum absolute atomic E-state index is 0.103. The van der Waals surface area contributed by atoms with E-state index < -0.39 is 11.9 Å². The molecule has 1 amide bonds. The molecule has 0 bridgehead atoms. The van der Waals surface area contributed by atoms with Crippen LogP contribution in [0.5, 0.6) is 11.5 Å². The Balaban J connectivity index is 1.49. The van der Waals surface area contributed by atoms with Gasteiger partial charge in [0.2, 0.25) is 5.91 Å². The lowest BCUT2D eigenvalue weighted by Crippen LogP contribution is -2.47. The van der Waals surface area contributed by atoms with Gasteiger partial charge < -0.3 is 19.9 Å². The molecule has 2 N–H and O–H groups in total. The summed E-state index contributed by atoms with van der Waals surface area (Å²) in [6.07, 6.45) is 5.55. The summed E-state index contributed by atoms with van der Waals surface area (Å²) in [5.41, 5.74) is 1.07. The van der Waals surface area contributed by atoms with Crippen LogP contribution < -0.4 is 14.8 Å². The quantitative estimate of drug-likeness (QED) is 0.844. The van der Waals surface area contributed by atoms with Crippen molar-refractivity contribution in [3.63, 3.8) is 0 Å². The molecule has 0 saturated heterocycles. The number of rotatable bonds is 5. The van der Waals surface area contributed by atoms with Crippen molar-refractivity contribution < 1.29 is 24.2 Å². The summed E-state index contributed by atoms with van der Waals surface area (Å²) >= 11 is 0. The van der Waals surface area contributed by atoms with Gasteiger partial charge in [-0.25, -0.2) is 0 Å². The highest BCUT2D eigenvalue weighted by Gasteiger charge is 2.43. The molecule has 1 aliphatic heterocycles. The van der Waals surface area contributed by atoms with Crippen molar-refractivity contribution >= 4 is 11.9 Å². The Morgan fingerprint density at radius 1 is 1.08 bits per heavy atom. The summed E-state index contributed by atoms with van der Waals surface area (Å²) in [6.45, 7) is 1.67. The second kappa shape index (κ2) is 6.82. The van der Waals surface area contributed by atoms with Crippen LogP contribution in [0.2, 0.25) is 0 Å². The zero-order chi connectivity index (χ0) is 18.1. The average Bonchev–Trinajstić information content (AvgIpc) is 3.08. The number of carboxylic acid groups (broad SMARTS) is 1. The number of aliphatic carboxylic acids is 1. The second-order valence-corrected chi connectivity index (χ2v) is 7.69. The van der Waals surface area contributed by atoms with Crippen molar-refractivity contribution in [2.45, 2.75) is 43.9 Å². The summed E-state index contributed by atoms with van der Waals surface area (Å²) in [4.78, 5) is 23.7. The molecule has 26 heavy (non-hydrogen) atoms. The van der Waals surface area contributed by atoms with E-state index in [9.17, 15) is 9.59 Å². The Morgan fingerprint density at radius 3 is 2.42 bits per heavy atom. The fraction of sp³-hybridized carbons (Fsp3) is 0.600. The Hall–Kier alpha value is -2.24. The molecule has 2 fully saturated rings. The van der Waals surface area contributed by atoms with E-state index in [1.807, 2.05) is 6.07 Å². The van der Waals surface area contributed by atoms with Gasteiger partial charge in [-0.15, -0.1) is 0 Å². The van der Waals surface area contributed by atoms with Crippen LogP contribution in [0, 0.1) is 11.8 Å². The normalized spacial score (nSPS) is 26.0. The van der Waals surface area contributed by atoms with Crippen LogP contribution in [0.1, 0.15) is 44.1 Å². The average molecular weight is 359 g/mol. The third-order valence-corrected chi connectivity index (χ3v) is 6.24. The Morgan fingerprint density at radius 2 is 1.77 bits per heavy atom. The Kier molecular flexibility index (Phi) is 4.51. The van der Waals surface area contributed by atoms with E-state index >= 15 is 0 Å². The van der Waals surface area contributed by atoms with Gasteiger partial charge in [0.05, 0.1) is 11.8 Å². The summed E-state index contributed by atoms with van der Waals surface area (Å²) in [6, 6.07) is 6.09. The van der Waals surface area contributed by atoms with Crippen molar-refractivity contribution in [2.75, 3.05) is 19.8 Å². The van der Waals surface area contributed by atoms with Crippen LogP contribution in [0.15, 0.2) is 18.2 Å². The molecule has 2 unspecified atom stereocenters. The van der Waals surface area contributed by atoms with Gasteiger partial charge in [0.15, 0.2) is 11.5 Å². The van der Waals surface area contributed by atoms with Gasteiger partial charge in [-0.3, -0.25) is 9.59 Å². The largest absolute Gasteiger partial charge is 0.486 e. The summed E-state index contributed by atoms with van der Waals surface area (Å²) in [5, 5.41) is 12.2. The Labute approximate surface area is 152 Å². The zero-order valence-electron chi connectivity index (χ0n) is 14.8. The van der Waals surface area contributed by atoms with Gasteiger partial charge in [0.1, 0.15) is 13.2 Å². The first-order valence-electron chi connectivity index (χ1n) is 9.50. The number of hydrogen-bond donors (Lipinski definition) is 2. The van der Waals surface area contributed by atoms with E-state index in [1.54, 1.807) is 0 Å². The van der Waals surface area contributed by atoms with E-state index in [4.69, 9.17) is 14.6 Å². The lowest BCUT2D eigenvalue weighted by molar-refractivity contribution is -0.152. The number of benzene rings is 1. The summed E-state index contributed by atoms with van der Waals surface area (Å²) < 4.78 is 11.3. The van der Waals surface area contributed by atoms with Gasteiger partial charge >= 0.3 is 5.97 Å². The van der Waals surface area contributed by atoms with E-state index in [2.05, 4.69) is 17.4 Å². The molecule has 140 valence electrons. The minimum atomic E-state index is -0.862. The first-order valence-corrected chi connectivity index (χ1v) is 9.50. The van der Waals surface area contributed by atoms with Crippen molar-refractivity contribution in [1.82, 2.24) is 5.32 Å². The topological polar surface area (TPSA) is 84.9 Å². The first kappa shape index (κ1) is 17.2. The molecule has 4 rings (SSSR count).